The van der Waals surface area contributed by atoms with Gasteiger partial charge in [0.1, 0.15) is 0 Å². The number of halogens is 1. The molecule has 0 amide bonds. The van der Waals surface area contributed by atoms with Gasteiger partial charge in [0.2, 0.25) is 0 Å². The first-order chi connectivity index (χ1) is 9.58. The molecule has 1 saturated heterocycles. The van der Waals surface area contributed by atoms with Crippen LogP contribution in [0.3, 0.4) is 0 Å². The minimum Gasteiger partial charge on any atom is -0.374 e. The molecule has 0 aromatic heterocycles. The molecule has 110 valence electrons. The van der Waals surface area contributed by atoms with E-state index in [2.05, 4.69) is 33.2 Å². The smallest absolute Gasteiger partial charge is 0.283 e. The molecular formula is C13H18BrN3O3. The number of nitro benzene ring substituents is 1. The first-order valence-electron chi connectivity index (χ1n) is 6.50. The van der Waals surface area contributed by atoms with E-state index in [1.165, 1.54) is 6.07 Å². The van der Waals surface area contributed by atoms with Crippen LogP contribution in [0.25, 0.3) is 0 Å². The van der Waals surface area contributed by atoms with Gasteiger partial charge in [-0.1, -0.05) is 12.1 Å². The van der Waals surface area contributed by atoms with Crippen molar-refractivity contribution in [3.05, 3.63) is 38.3 Å². The Morgan fingerprint density at radius 3 is 3.10 bits per heavy atom. The summed E-state index contributed by atoms with van der Waals surface area (Å²) in [4.78, 5) is 12.7. The molecule has 1 fully saturated rings. The number of hydrogen-bond donors (Lipinski definition) is 1. The highest BCUT2D eigenvalue weighted by molar-refractivity contribution is 9.10. The Hall–Kier alpha value is -1.02. The number of hydrogen-bond acceptors (Lipinski definition) is 5. The van der Waals surface area contributed by atoms with Crippen molar-refractivity contribution < 1.29 is 9.66 Å². The lowest BCUT2D eigenvalue weighted by Crippen LogP contribution is -2.44. The summed E-state index contributed by atoms with van der Waals surface area (Å²) in [5.41, 5.74) is 0.973. The van der Waals surface area contributed by atoms with Crippen LogP contribution in [-0.2, 0) is 11.3 Å². The Labute approximate surface area is 126 Å². The molecule has 20 heavy (non-hydrogen) atoms. The second-order valence-corrected chi connectivity index (χ2v) is 5.69. The fourth-order valence-electron chi connectivity index (χ4n) is 2.20. The van der Waals surface area contributed by atoms with E-state index in [-0.39, 0.29) is 16.7 Å². The van der Waals surface area contributed by atoms with Crippen molar-refractivity contribution >= 4 is 21.6 Å². The number of nitrogens with zero attached hydrogens (tertiary/aromatic N) is 2. The summed E-state index contributed by atoms with van der Waals surface area (Å²) >= 11 is 3.30. The summed E-state index contributed by atoms with van der Waals surface area (Å²) < 4.78 is 6.20. The van der Waals surface area contributed by atoms with Crippen LogP contribution in [0.5, 0.6) is 0 Å². The van der Waals surface area contributed by atoms with Crippen LogP contribution < -0.4 is 5.32 Å². The molecule has 2 rings (SSSR count). The number of likely N-dealkylation sites (N-methyl/N-ethyl adjacent to an activating group) is 1. The van der Waals surface area contributed by atoms with E-state index in [1.807, 2.05) is 6.07 Å². The van der Waals surface area contributed by atoms with Gasteiger partial charge in [-0.15, -0.1) is 0 Å². The summed E-state index contributed by atoms with van der Waals surface area (Å²) in [7, 11) is 2.08. The minimum atomic E-state index is -0.382. The van der Waals surface area contributed by atoms with Gasteiger partial charge in [0.05, 0.1) is 22.1 Å². The molecule has 0 aliphatic carbocycles. The van der Waals surface area contributed by atoms with Gasteiger partial charge in [-0.05, 0) is 28.5 Å². The maximum Gasteiger partial charge on any atom is 0.283 e. The summed E-state index contributed by atoms with van der Waals surface area (Å²) in [6, 6.07) is 5.06. The third-order valence-electron chi connectivity index (χ3n) is 3.28. The van der Waals surface area contributed by atoms with Crippen molar-refractivity contribution in [1.82, 2.24) is 10.2 Å². The molecule has 1 N–H and O–H groups in total. The molecule has 1 heterocycles. The minimum absolute atomic E-state index is 0.0953. The number of nitrogens with one attached hydrogen (secondary N) is 1. The molecule has 1 aromatic carbocycles. The predicted molar refractivity (Wildman–Crippen MR) is 79.7 cm³/mol. The zero-order valence-electron chi connectivity index (χ0n) is 11.3. The summed E-state index contributed by atoms with van der Waals surface area (Å²) in [5.74, 6) is 0. The summed E-state index contributed by atoms with van der Waals surface area (Å²) in [5, 5.41) is 14.2. The molecule has 1 aliphatic heterocycles. The first kappa shape index (κ1) is 15.4. The molecule has 7 heteroatoms. The van der Waals surface area contributed by atoms with Gasteiger partial charge in [0.15, 0.2) is 0 Å². The zero-order valence-corrected chi connectivity index (χ0v) is 12.9. The Morgan fingerprint density at radius 1 is 1.60 bits per heavy atom. The van der Waals surface area contributed by atoms with Crippen molar-refractivity contribution in [3.63, 3.8) is 0 Å². The number of rotatable bonds is 5. The van der Waals surface area contributed by atoms with Crippen LogP contribution in [0.15, 0.2) is 22.7 Å². The Balaban J connectivity index is 1.88. The van der Waals surface area contributed by atoms with Gasteiger partial charge in [0.25, 0.3) is 5.69 Å². The SMILES string of the molecule is CN1CCOC(CNCc2cccc([N+](=O)[O-])c2Br)C1. The Morgan fingerprint density at radius 2 is 2.40 bits per heavy atom. The third kappa shape index (κ3) is 3.99. The maximum absolute atomic E-state index is 10.9. The normalized spacial score (nSPS) is 20.0. The van der Waals surface area contributed by atoms with Crippen LogP contribution in [0.4, 0.5) is 5.69 Å². The third-order valence-corrected chi connectivity index (χ3v) is 4.20. The fraction of sp³-hybridized carbons (Fsp3) is 0.538. The number of morpholine rings is 1. The first-order valence-corrected chi connectivity index (χ1v) is 7.30. The molecular weight excluding hydrogens is 326 g/mol. The van der Waals surface area contributed by atoms with E-state index in [9.17, 15) is 10.1 Å². The van der Waals surface area contributed by atoms with Crippen LogP contribution in [-0.4, -0.2) is 49.2 Å². The van der Waals surface area contributed by atoms with Gasteiger partial charge in [-0.25, -0.2) is 0 Å². The topological polar surface area (TPSA) is 67.6 Å². The van der Waals surface area contributed by atoms with Crippen molar-refractivity contribution in [2.45, 2.75) is 12.6 Å². The quantitative estimate of drug-likeness (QED) is 0.651. The Bertz CT molecular complexity index is 484. The van der Waals surface area contributed by atoms with Crippen LogP contribution in [0.1, 0.15) is 5.56 Å². The average Bonchev–Trinajstić information content (AvgIpc) is 2.40. The molecule has 1 atom stereocenters. The zero-order chi connectivity index (χ0) is 14.5. The van der Waals surface area contributed by atoms with E-state index in [4.69, 9.17) is 4.74 Å². The molecule has 0 radical (unpaired) electrons. The molecule has 6 nitrogen and oxygen atoms in total. The van der Waals surface area contributed by atoms with Gasteiger partial charge < -0.3 is 15.0 Å². The van der Waals surface area contributed by atoms with Crippen molar-refractivity contribution in [2.24, 2.45) is 0 Å². The second kappa shape index (κ2) is 7.12. The summed E-state index contributed by atoms with van der Waals surface area (Å²) in [6.45, 7) is 3.94. The fourth-order valence-corrected chi connectivity index (χ4v) is 2.75. The van der Waals surface area contributed by atoms with Gasteiger partial charge in [-0.3, -0.25) is 10.1 Å². The maximum atomic E-state index is 10.9. The monoisotopic (exact) mass is 343 g/mol. The lowest BCUT2D eigenvalue weighted by atomic mass is 10.2. The van der Waals surface area contributed by atoms with Gasteiger partial charge >= 0.3 is 0 Å². The van der Waals surface area contributed by atoms with Crippen LogP contribution >= 0.6 is 15.9 Å². The van der Waals surface area contributed by atoms with E-state index in [0.29, 0.717) is 11.0 Å². The van der Waals surface area contributed by atoms with E-state index >= 15 is 0 Å². The van der Waals surface area contributed by atoms with Crippen LogP contribution in [0, 0.1) is 10.1 Å². The highest BCUT2D eigenvalue weighted by Gasteiger charge is 2.18. The van der Waals surface area contributed by atoms with Gasteiger partial charge in [-0.2, -0.15) is 0 Å². The van der Waals surface area contributed by atoms with Crippen LogP contribution in [0.2, 0.25) is 0 Å². The lowest BCUT2D eigenvalue weighted by Gasteiger charge is -2.30. The molecule has 1 unspecified atom stereocenters. The Kier molecular flexibility index (Phi) is 5.47. The van der Waals surface area contributed by atoms with E-state index in [1.54, 1.807) is 6.07 Å². The largest absolute Gasteiger partial charge is 0.374 e. The highest BCUT2D eigenvalue weighted by Crippen LogP contribution is 2.28. The second-order valence-electron chi connectivity index (χ2n) is 4.89. The highest BCUT2D eigenvalue weighted by atomic mass is 79.9. The summed E-state index contributed by atoms with van der Waals surface area (Å²) in [6.07, 6.45) is 0.172. The molecule has 0 saturated carbocycles. The van der Waals surface area contributed by atoms with E-state index in [0.717, 1.165) is 31.8 Å². The number of nitro groups is 1. The number of benzene rings is 1. The van der Waals surface area contributed by atoms with Crippen molar-refractivity contribution in [2.75, 3.05) is 33.3 Å². The van der Waals surface area contributed by atoms with Crippen molar-refractivity contribution in [1.29, 1.82) is 0 Å². The lowest BCUT2D eigenvalue weighted by molar-refractivity contribution is -0.385. The van der Waals surface area contributed by atoms with E-state index < -0.39 is 0 Å². The molecule has 1 aliphatic rings. The molecule has 0 spiro atoms. The molecule has 1 aromatic rings. The van der Waals surface area contributed by atoms with Gasteiger partial charge in [0, 0.05) is 32.2 Å². The molecule has 0 bridgehead atoms. The average molecular weight is 344 g/mol. The number of ether oxygens (including phenoxy) is 1. The standard InChI is InChI=1S/C13H18BrN3O3/c1-16-5-6-20-11(9-16)8-15-7-10-3-2-4-12(13(10)14)17(18)19/h2-4,11,15H,5-9H2,1H3. The van der Waals surface area contributed by atoms with Crippen molar-refractivity contribution in [3.8, 4) is 0 Å². The predicted octanol–water partition coefficient (Wildman–Crippen LogP) is 1.78.